The van der Waals surface area contributed by atoms with E-state index in [2.05, 4.69) is 15.0 Å². The Labute approximate surface area is 229 Å². The minimum Gasteiger partial charge on any atom is -0.472 e. The van der Waals surface area contributed by atoms with E-state index in [0.29, 0.717) is 75.8 Å². The van der Waals surface area contributed by atoms with Gasteiger partial charge in [0.2, 0.25) is 23.6 Å². The van der Waals surface area contributed by atoms with Crippen LogP contribution in [0.3, 0.4) is 0 Å². The number of rotatable bonds is 6. The molecule has 2 amide bonds. The summed E-state index contributed by atoms with van der Waals surface area (Å²) in [6.07, 6.45) is -1.69. The normalized spacial score (nSPS) is 22.0. The lowest BCUT2D eigenvalue weighted by Gasteiger charge is -2.30. The van der Waals surface area contributed by atoms with Gasteiger partial charge in [0, 0.05) is 58.1 Å². The van der Waals surface area contributed by atoms with E-state index in [1.54, 1.807) is 47.2 Å². The third kappa shape index (κ3) is 5.17. The number of fused-ring (bicyclic) bond motifs is 1. The zero-order chi connectivity index (χ0) is 27.8. The summed E-state index contributed by atoms with van der Waals surface area (Å²) in [5, 5.41) is 0. The summed E-state index contributed by atoms with van der Waals surface area (Å²) in [6.45, 7) is 3.55. The molecule has 3 fully saturated rings. The lowest BCUT2D eigenvalue weighted by molar-refractivity contribution is -0.143. The summed E-state index contributed by atoms with van der Waals surface area (Å²) in [5.74, 6) is 0.0360. The van der Waals surface area contributed by atoms with Crippen molar-refractivity contribution < 1.29 is 27.8 Å². The van der Waals surface area contributed by atoms with Crippen LogP contribution >= 0.6 is 0 Å². The van der Waals surface area contributed by atoms with Gasteiger partial charge in [-0.25, -0.2) is 13.8 Å². The molecular formula is C27H31F2N7O4. The van der Waals surface area contributed by atoms with Gasteiger partial charge in [-0.15, -0.1) is 0 Å². The summed E-state index contributed by atoms with van der Waals surface area (Å²) in [4.78, 5) is 44.0. The Morgan fingerprint density at radius 3 is 2.65 bits per heavy atom. The lowest BCUT2D eigenvalue weighted by Crippen LogP contribution is -2.43. The molecule has 6 rings (SSSR count). The molecule has 2 atom stereocenters. The Bertz CT molecular complexity index is 1410. The van der Waals surface area contributed by atoms with Gasteiger partial charge >= 0.3 is 0 Å². The molecule has 3 aliphatic rings. The molecule has 3 saturated heterocycles. The molecule has 2 aromatic heterocycles. The number of carbonyl (C=O) groups excluding carboxylic acids is 2. The maximum absolute atomic E-state index is 14.1. The molecule has 3 aliphatic heterocycles. The Morgan fingerprint density at radius 2 is 1.88 bits per heavy atom. The first-order valence-electron chi connectivity index (χ1n) is 13.5. The monoisotopic (exact) mass is 555 g/mol. The standard InChI is InChI=1S/C27H31F2N7O4/c1-33-8-6-17(14-23(33)37)26(38)35-9-7-18(16-35)40-22-15-21(31-27(32-22)34-10-12-39-13-11-34)36-20-5-3-2-4-19(20)30-25(36)24(28)29/h2-5,15,17-18,24H,6-14,16H2,1H3/t17?,18-/m0/s1. The average molecular weight is 556 g/mol. The predicted molar refractivity (Wildman–Crippen MR) is 141 cm³/mol. The van der Waals surface area contributed by atoms with Crippen molar-refractivity contribution in [1.82, 2.24) is 29.3 Å². The van der Waals surface area contributed by atoms with Crippen molar-refractivity contribution in [2.75, 3.05) is 57.9 Å². The number of imidazole rings is 1. The number of hydrogen-bond donors (Lipinski definition) is 0. The van der Waals surface area contributed by atoms with Gasteiger partial charge in [-0.2, -0.15) is 9.97 Å². The van der Waals surface area contributed by atoms with E-state index in [9.17, 15) is 18.4 Å². The van der Waals surface area contributed by atoms with Gasteiger partial charge in [-0.3, -0.25) is 14.2 Å². The van der Waals surface area contributed by atoms with Gasteiger partial charge in [-0.05, 0) is 18.6 Å². The Morgan fingerprint density at radius 1 is 1.07 bits per heavy atom. The third-order valence-corrected chi connectivity index (χ3v) is 7.74. The average Bonchev–Trinajstić information content (AvgIpc) is 3.59. The molecule has 0 N–H and O–H groups in total. The Balaban J connectivity index is 1.28. The zero-order valence-electron chi connectivity index (χ0n) is 22.2. The van der Waals surface area contributed by atoms with Crippen molar-refractivity contribution >= 4 is 28.8 Å². The van der Waals surface area contributed by atoms with E-state index in [-0.39, 0.29) is 42.0 Å². The Kier molecular flexibility index (Phi) is 7.22. The molecule has 0 saturated carbocycles. The van der Waals surface area contributed by atoms with Crippen molar-refractivity contribution in [3.05, 3.63) is 36.2 Å². The summed E-state index contributed by atoms with van der Waals surface area (Å²) in [7, 11) is 1.75. The van der Waals surface area contributed by atoms with Crippen LogP contribution in [0.5, 0.6) is 5.88 Å². The number of aromatic nitrogens is 4. The fourth-order valence-electron chi connectivity index (χ4n) is 5.52. The fraction of sp³-hybridized carbons (Fsp3) is 0.519. The molecule has 0 spiro atoms. The van der Waals surface area contributed by atoms with Gasteiger partial charge in [0.1, 0.15) is 11.9 Å². The highest BCUT2D eigenvalue weighted by Gasteiger charge is 2.36. The van der Waals surface area contributed by atoms with Crippen LogP contribution < -0.4 is 9.64 Å². The molecular weight excluding hydrogens is 524 g/mol. The number of likely N-dealkylation sites (tertiary alicyclic amines) is 2. The van der Waals surface area contributed by atoms with Crippen LogP contribution in [0.4, 0.5) is 14.7 Å². The summed E-state index contributed by atoms with van der Waals surface area (Å²) in [5.41, 5.74) is 0.935. The second-order valence-corrected chi connectivity index (χ2v) is 10.4. The maximum Gasteiger partial charge on any atom is 0.296 e. The van der Waals surface area contributed by atoms with Crippen molar-refractivity contribution in [3.8, 4) is 11.7 Å². The molecule has 40 heavy (non-hydrogen) atoms. The predicted octanol–water partition coefficient (Wildman–Crippen LogP) is 2.44. The number of morpholine rings is 1. The largest absolute Gasteiger partial charge is 0.472 e. The van der Waals surface area contributed by atoms with Crippen molar-refractivity contribution in [3.63, 3.8) is 0 Å². The first-order chi connectivity index (χ1) is 19.4. The molecule has 1 unspecified atom stereocenters. The molecule has 0 radical (unpaired) electrons. The number of halogens is 2. The van der Waals surface area contributed by atoms with Gasteiger partial charge in [0.05, 0.1) is 30.8 Å². The van der Waals surface area contributed by atoms with Gasteiger partial charge < -0.3 is 24.2 Å². The number of anilines is 1. The molecule has 5 heterocycles. The molecule has 11 nitrogen and oxygen atoms in total. The number of para-hydroxylation sites is 2. The SMILES string of the molecule is CN1CCC(C(=O)N2CC[C@H](Oc3cc(-n4c(C(F)F)nc5ccccc54)nc(N4CCOCC4)n3)C2)CC1=O. The maximum atomic E-state index is 14.1. The number of ether oxygens (including phenoxy) is 2. The van der Waals surface area contributed by atoms with Gasteiger partial charge in [0.25, 0.3) is 6.43 Å². The summed E-state index contributed by atoms with van der Waals surface area (Å²) in [6, 6.07) is 8.46. The number of benzene rings is 1. The van der Waals surface area contributed by atoms with E-state index in [1.807, 2.05) is 4.90 Å². The van der Waals surface area contributed by atoms with E-state index in [4.69, 9.17) is 9.47 Å². The quantitative estimate of drug-likeness (QED) is 0.457. The highest BCUT2D eigenvalue weighted by atomic mass is 19.3. The molecule has 212 valence electrons. The first kappa shape index (κ1) is 26.4. The molecule has 0 aliphatic carbocycles. The van der Waals surface area contributed by atoms with Crippen molar-refractivity contribution in [1.29, 1.82) is 0 Å². The van der Waals surface area contributed by atoms with Crippen LogP contribution in [-0.2, 0) is 14.3 Å². The highest BCUT2D eigenvalue weighted by Crippen LogP contribution is 2.30. The smallest absolute Gasteiger partial charge is 0.296 e. The van der Waals surface area contributed by atoms with Crippen LogP contribution in [0.1, 0.15) is 31.5 Å². The number of carbonyl (C=O) groups is 2. The number of hydrogen-bond acceptors (Lipinski definition) is 8. The summed E-state index contributed by atoms with van der Waals surface area (Å²) < 4.78 is 41.3. The van der Waals surface area contributed by atoms with E-state index >= 15 is 0 Å². The van der Waals surface area contributed by atoms with E-state index in [0.717, 1.165) is 0 Å². The molecule has 13 heteroatoms. The Hall–Kier alpha value is -3.87. The minimum atomic E-state index is -2.82. The van der Waals surface area contributed by atoms with Crippen molar-refractivity contribution in [2.45, 2.75) is 31.8 Å². The topological polar surface area (TPSA) is 106 Å². The first-order valence-corrected chi connectivity index (χ1v) is 13.5. The summed E-state index contributed by atoms with van der Waals surface area (Å²) >= 11 is 0. The minimum absolute atomic E-state index is 0.0176. The van der Waals surface area contributed by atoms with Gasteiger partial charge in [-0.1, -0.05) is 12.1 Å². The van der Waals surface area contributed by atoms with E-state index in [1.165, 1.54) is 4.57 Å². The fourth-order valence-corrected chi connectivity index (χ4v) is 5.52. The van der Waals surface area contributed by atoms with Crippen LogP contribution in [-0.4, -0.2) is 100 Å². The number of alkyl halides is 2. The highest BCUT2D eigenvalue weighted by molar-refractivity contribution is 5.87. The van der Waals surface area contributed by atoms with Crippen molar-refractivity contribution in [2.24, 2.45) is 5.92 Å². The second-order valence-electron chi connectivity index (χ2n) is 10.4. The number of amides is 2. The number of piperidine rings is 1. The third-order valence-electron chi connectivity index (χ3n) is 7.74. The van der Waals surface area contributed by atoms with Crippen LogP contribution in [0.15, 0.2) is 30.3 Å². The molecule has 3 aromatic rings. The second kappa shape index (κ2) is 11.0. The molecule has 1 aromatic carbocycles. The van der Waals surface area contributed by atoms with Crippen LogP contribution in [0, 0.1) is 5.92 Å². The molecule has 0 bridgehead atoms. The zero-order valence-corrected chi connectivity index (χ0v) is 22.2. The lowest BCUT2D eigenvalue weighted by atomic mass is 9.95. The van der Waals surface area contributed by atoms with Crippen LogP contribution in [0.2, 0.25) is 0 Å². The number of nitrogens with zero attached hydrogens (tertiary/aromatic N) is 7. The van der Waals surface area contributed by atoms with Crippen LogP contribution in [0.25, 0.3) is 16.9 Å². The van der Waals surface area contributed by atoms with Gasteiger partial charge in [0.15, 0.2) is 5.82 Å². The van der Waals surface area contributed by atoms with E-state index < -0.39 is 12.2 Å².